The highest BCUT2D eigenvalue weighted by Gasteiger charge is 2.28. The molecule has 0 saturated heterocycles. The van der Waals surface area contributed by atoms with E-state index < -0.39 is 0 Å². The average molecular weight is 394 g/mol. The van der Waals surface area contributed by atoms with Gasteiger partial charge >= 0.3 is 0 Å². The molecule has 0 spiro atoms. The van der Waals surface area contributed by atoms with E-state index in [-0.39, 0.29) is 29.9 Å². The minimum Gasteiger partial charge on any atom is -0.497 e. The van der Waals surface area contributed by atoms with Gasteiger partial charge in [-0.15, -0.1) is 0 Å². The summed E-state index contributed by atoms with van der Waals surface area (Å²) in [6, 6.07) is 13.0. The van der Waals surface area contributed by atoms with Gasteiger partial charge in [0.15, 0.2) is 0 Å². The van der Waals surface area contributed by atoms with E-state index in [1.54, 1.807) is 18.1 Å². The molecule has 1 heterocycles. The minimum absolute atomic E-state index is 0.0820. The molecular weight excluding hydrogens is 371 g/mol. The molecule has 0 unspecified atom stereocenters. The maximum atomic E-state index is 13.3. The number of aromatic nitrogens is 1. The second kappa shape index (κ2) is 8.07. The number of benzene rings is 2. The molecule has 1 amide bonds. The Morgan fingerprint density at radius 3 is 2.55 bits per heavy atom. The van der Waals surface area contributed by atoms with Gasteiger partial charge in [-0.2, -0.15) is 0 Å². The summed E-state index contributed by atoms with van der Waals surface area (Å²) in [7, 11) is 1.58. The first-order valence-electron chi connectivity index (χ1n) is 9.81. The molecule has 0 aliphatic heterocycles. The third-order valence-electron chi connectivity index (χ3n) is 5.59. The van der Waals surface area contributed by atoms with E-state index in [4.69, 9.17) is 4.74 Å². The third kappa shape index (κ3) is 4.01. The summed E-state index contributed by atoms with van der Waals surface area (Å²) >= 11 is 0. The number of carbonyl (C=O) groups is 1. The Balaban J connectivity index is 1.68. The predicted octanol–water partition coefficient (Wildman–Crippen LogP) is 4.26. The van der Waals surface area contributed by atoms with E-state index in [1.807, 2.05) is 18.2 Å². The van der Waals surface area contributed by atoms with Crippen LogP contribution < -0.4 is 10.3 Å². The number of nitrogens with one attached hydrogen (secondary N) is 1. The van der Waals surface area contributed by atoms with Gasteiger partial charge in [0, 0.05) is 23.2 Å². The van der Waals surface area contributed by atoms with Crippen molar-refractivity contribution in [3.8, 4) is 5.75 Å². The predicted molar refractivity (Wildman–Crippen MR) is 110 cm³/mol. The molecule has 150 valence electrons. The first-order chi connectivity index (χ1) is 14.0. The lowest BCUT2D eigenvalue weighted by Crippen LogP contribution is -2.39. The smallest absolute Gasteiger partial charge is 0.254 e. The highest BCUT2D eigenvalue weighted by molar-refractivity contribution is 5.94. The number of fused-ring (bicyclic) bond motifs is 1. The molecule has 1 aliphatic rings. The number of pyridine rings is 1. The maximum Gasteiger partial charge on any atom is 0.254 e. The number of rotatable bonds is 5. The quantitative estimate of drug-likeness (QED) is 0.703. The number of amides is 1. The molecule has 29 heavy (non-hydrogen) atoms. The number of hydrogen-bond acceptors (Lipinski definition) is 3. The number of nitrogens with zero attached hydrogens (tertiary/aromatic N) is 1. The molecule has 1 aliphatic carbocycles. The van der Waals surface area contributed by atoms with E-state index in [1.165, 1.54) is 24.3 Å². The fourth-order valence-electron chi connectivity index (χ4n) is 3.99. The molecule has 1 aromatic heterocycles. The first kappa shape index (κ1) is 19.2. The van der Waals surface area contributed by atoms with Gasteiger partial charge in [-0.1, -0.05) is 12.8 Å². The van der Waals surface area contributed by atoms with Crippen molar-refractivity contribution >= 4 is 16.8 Å². The van der Waals surface area contributed by atoms with Crippen LogP contribution in [0.3, 0.4) is 0 Å². The Labute approximate surface area is 168 Å². The average Bonchev–Trinajstić information content (AvgIpc) is 3.26. The highest BCUT2D eigenvalue weighted by atomic mass is 19.1. The second-order valence-corrected chi connectivity index (χ2v) is 7.46. The van der Waals surface area contributed by atoms with Crippen LogP contribution in [0.25, 0.3) is 10.9 Å². The summed E-state index contributed by atoms with van der Waals surface area (Å²) in [4.78, 5) is 30.5. The van der Waals surface area contributed by atoms with Crippen LogP contribution >= 0.6 is 0 Å². The molecule has 0 atom stereocenters. The van der Waals surface area contributed by atoms with Crippen molar-refractivity contribution in [1.82, 2.24) is 9.88 Å². The van der Waals surface area contributed by atoms with E-state index in [0.717, 1.165) is 31.1 Å². The van der Waals surface area contributed by atoms with Crippen LogP contribution in [0.15, 0.2) is 53.3 Å². The summed E-state index contributed by atoms with van der Waals surface area (Å²) in [6.07, 6.45) is 3.95. The Hall–Kier alpha value is -3.15. The molecule has 1 saturated carbocycles. The molecule has 6 heteroatoms. The van der Waals surface area contributed by atoms with Crippen molar-refractivity contribution in [3.63, 3.8) is 0 Å². The molecule has 5 nitrogen and oxygen atoms in total. The van der Waals surface area contributed by atoms with Gasteiger partial charge in [0.05, 0.1) is 19.2 Å². The monoisotopic (exact) mass is 394 g/mol. The van der Waals surface area contributed by atoms with E-state index in [2.05, 4.69) is 4.98 Å². The topological polar surface area (TPSA) is 62.4 Å². The van der Waals surface area contributed by atoms with Crippen LogP contribution in [0.2, 0.25) is 0 Å². The maximum absolute atomic E-state index is 13.3. The van der Waals surface area contributed by atoms with Crippen LogP contribution in [0.4, 0.5) is 4.39 Å². The Morgan fingerprint density at radius 2 is 1.86 bits per heavy atom. The molecule has 0 bridgehead atoms. The molecule has 3 aromatic rings. The molecule has 1 N–H and O–H groups in total. The number of hydrogen-bond donors (Lipinski definition) is 1. The van der Waals surface area contributed by atoms with Crippen LogP contribution in [-0.2, 0) is 6.54 Å². The van der Waals surface area contributed by atoms with Gasteiger partial charge in [0.1, 0.15) is 11.6 Å². The van der Waals surface area contributed by atoms with Crippen LogP contribution in [0.5, 0.6) is 5.75 Å². The summed E-state index contributed by atoms with van der Waals surface area (Å²) in [5, 5.41) is 0.876. The highest BCUT2D eigenvalue weighted by Crippen LogP contribution is 2.27. The fraction of sp³-hybridized carbons (Fsp3) is 0.304. The van der Waals surface area contributed by atoms with Gasteiger partial charge < -0.3 is 14.6 Å². The molecule has 0 radical (unpaired) electrons. The van der Waals surface area contributed by atoms with Crippen molar-refractivity contribution in [1.29, 1.82) is 0 Å². The number of halogens is 1. The van der Waals surface area contributed by atoms with Crippen LogP contribution in [-0.4, -0.2) is 28.9 Å². The summed E-state index contributed by atoms with van der Waals surface area (Å²) in [5.41, 5.74) is 1.43. The van der Waals surface area contributed by atoms with Gasteiger partial charge in [0.2, 0.25) is 0 Å². The Kier molecular flexibility index (Phi) is 5.34. The standard InChI is InChI=1S/C23H23FN2O3/c1-29-20-11-8-16-12-17(22(27)25-21(16)13-20)14-26(19-4-2-3-5-19)23(28)15-6-9-18(24)10-7-15/h6-13,19H,2-5,14H2,1H3,(H,25,27). The zero-order valence-corrected chi connectivity index (χ0v) is 16.3. The lowest BCUT2D eigenvalue weighted by atomic mass is 10.1. The fourth-order valence-corrected chi connectivity index (χ4v) is 3.99. The second-order valence-electron chi connectivity index (χ2n) is 7.46. The zero-order valence-electron chi connectivity index (χ0n) is 16.3. The van der Waals surface area contributed by atoms with Gasteiger partial charge in [-0.05, 0) is 60.7 Å². The number of carbonyl (C=O) groups excluding carboxylic acids is 1. The van der Waals surface area contributed by atoms with E-state index in [9.17, 15) is 14.0 Å². The van der Waals surface area contributed by atoms with Crippen molar-refractivity contribution in [2.24, 2.45) is 0 Å². The van der Waals surface area contributed by atoms with Crippen LogP contribution in [0, 0.1) is 5.82 Å². The lowest BCUT2D eigenvalue weighted by molar-refractivity contribution is 0.0663. The zero-order chi connectivity index (χ0) is 20.4. The Morgan fingerprint density at radius 1 is 1.14 bits per heavy atom. The third-order valence-corrected chi connectivity index (χ3v) is 5.59. The SMILES string of the molecule is COc1ccc2cc(CN(C(=O)c3ccc(F)cc3)C3CCCC3)c(=O)[nH]c2c1. The lowest BCUT2D eigenvalue weighted by Gasteiger charge is -2.29. The molecular formula is C23H23FN2O3. The summed E-state index contributed by atoms with van der Waals surface area (Å²) < 4.78 is 18.5. The van der Waals surface area contributed by atoms with Gasteiger partial charge in [0.25, 0.3) is 11.5 Å². The Bertz CT molecular complexity index is 1090. The van der Waals surface area contributed by atoms with Crippen molar-refractivity contribution < 1.29 is 13.9 Å². The van der Waals surface area contributed by atoms with Crippen LogP contribution in [0.1, 0.15) is 41.6 Å². The van der Waals surface area contributed by atoms with Crippen molar-refractivity contribution in [2.75, 3.05) is 7.11 Å². The number of ether oxygens (including phenoxy) is 1. The minimum atomic E-state index is -0.379. The molecule has 1 fully saturated rings. The van der Waals surface area contributed by atoms with Crippen molar-refractivity contribution in [2.45, 2.75) is 38.3 Å². The number of aromatic amines is 1. The largest absolute Gasteiger partial charge is 0.497 e. The van der Waals surface area contributed by atoms with E-state index in [0.29, 0.717) is 22.4 Å². The summed E-state index contributed by atoms with van der Waals surface area (Å²) in [6.45, 7) is 0.220. The summed E-state index contributed by atoms with van der Waals surface area (Å²) in [5.74, 6) is 0.112. The van der Waals surface area contributed by atoms with Gasteiger partial charge in [-0.25, -0.2) is 4.39 Å². The molecule has 4 rings (SSSR count). The molecule has 2 aromatic carbocycles. The van der Waals surface area contributed by atoms with E-state index >= 15 is 0 Å². The number of methoxy groups -OCH3 is 1. The normalized spacial score (nSPS) is 14.3. The first-order valence-corrected chi connectivity index (χ1v) is 9.81. The van der Waals surface area contributed by atoms with Crippen molar-refractivity contribution in [3.05, 3.63) is 75.8 Å². The number of H-pyrrole nitrogens is 1. The van der Waals surface area contributed by atoms with Gasteiger partial charge in [-0.3, -0.25) is 9.59 Å².